The van der Waals surface area contributed by atoms with E-state index in [9.17, 15) is 4.79 Å². The molecule has 1 N–H and O–H groups in total. The lowest BCUT2D eigenvalue weighted by Gasteiger charge is -2.34. The summed E-state index contributed by atoms with van der Waals surface area (Å²) in [5.41, 5.74) is 0. The van der Waals surface area contributed by atoms with Crippen LogP contribution in [0.2, 0.25) is 18.1 Å². The molecule has 0 bridgehead atoms. The van der Waals surface area contributed by atoms with Gasteiger partial charge in [-0.25, -0.2) is 0 Å². The minimum atomic E-state index is -1.83. The summed E-state index contributed by atoms with van der Waals surface area (Å²) in [4.78, 5) is 11.6. The monoisotopic (exact) mass is 188 g/mol. The van der Waals surface area contributed by atoms with Crippen LogP contribution in [0.3, 0.4) is 0 Å². The average molecular weight is 188 g/mol. The lowest BCUT2D eigenvalue weighted by Crippen LogP contribution is -2.46. The summed E-state index contributed by atoms with van der Waals surface area (Å²) in [6.45, 7) is 10.5. The van der Waals surface area contributed by atoms with Gasteiger partial charge in [-0.1, -0.05) is 33.9 Å². The molecule has 0 spiro atoms. The number of aliphatic hydroxyl groups excluding tert-OH is 1. The molecule has 0 radical (unpaired) electrons. The van der Waals surface area contributed by atoms with Gasteiger partial charge in [0.2, 0.25) is 0 Å². The molecule has 0 rings (SSSR count). The van der Waals surface area contributed by atoms with Crippen molar-refractivity contribution in [2.45, 2.75) is 45.3 Å². The Balaban J connectivity index is 4.50. The van der Waals surface area contributed by atoms with Crippen LogP contribution in [-0.4, -0.2) is 25.2 Å². The molecule has 12 heavy (non-hydrogen) atoms. The second-order valence-electron chi connectivity index (χ2n) is 4.77. The Kier molecular flexibility index (Phi) is 3.66. The van der Waals surface area contributed by atoms with Crippen LogP contribution in [-0.2, 0) is 4.79 Å². The molecule has 2 nitrogen and oxygen atoms in total. The Labute approximate surface area is 76.0 Å². The highest BCUT2D eigenvalue weighted by Gasteiger charge is 2.41. The summed E-state index contributed by atoms with van der Waals surface area (Å²) in [5, 5.41) is 9.04. The van der Waals surface area contributed by atoms with Crippen molar-refractivity contribution in [2.75, 3.05) is 6.61 Å². The van der Waals surface area contributed by atoms with Crippen LogP contribution < -0.4 is 0 Å². The molecule has 0 fully saturated rings. The van der Waals surface area contributed by atoms with Gasteiger partial charge in [-0.05, 0) is 5.04 Å². The molecule has 0 saturated heterocycles. The van der Waals surface area contributed by atoms with Gasteiger partial charge < -0.3 is 9.90 Å². The van der Waals surface area contributed by atoms with Gasteiger partial charge in [0, 0.05) is 13.0 Å². The zero-order valence-corrected chi connectivity index (χ0v) is 9.77. The Morgan fingerprint density at radius 2 is 1.75 bits per heavy atom. The highest BCUT2D eigenvalue weighted by molar-refractivity contribution is 7.06. The van der Waals surface area contributed by atoms with Gasteiger partial charge >= 0.3 is 0 Å². The van der Waals surface area contributed by atoms with Crippen LogP contribution in [0.5, 0.6) is 0 Å². The predicted octanol–water partition coefficient (Wildman–Crippen LogP) is 1.99. The molecule has 0 aliphatic heterocycles. The molecular formula is C9H20O2Si. The van der Waals surface area contributed by atoms with Crippen molar-refractivity contribution in [2.24, 2.45) is 0 Å². The minimum Gasteiger partial charge on any atom is -0.396 e. The normalized spacial score (nSPS) is 13.2. The van der Waals surface area contributed by atoms with Crippen LogP contribution in [0.15, 0.2) is 0 Å². The van der Waals surface area contributed by atoms with E-state index in [-0.39, 0.29) is 17.1 Å². The van der Waals surface area contributed by atoms with Gasteiger partial charge in [0.25, 0.3) is 0 Å². The molecule has 0 aromatic rings. The largest absolute Gasteiger partial charge is 0.396 e. The van der Waals surface area contributed by atoms with E-state index >= 15 is 0 Å². The molecule has 0 amide bonds. The molecule has 0 aliphatic rings. The van der Waals surface area contributed by atoms with Crippen molar-refractivity contribution in [3.8, 4) is 0 Å². The van der Waals surface area contributed by atoms with E-state index in [1.165, 1.54) is 0 Å². The fraction of sp³-hybridized carbons (Fsp3) is 0.889. The SMILES string of the molecule is CC(C)(C)[Si](C)(C)C(=O)CCO. The molecule has 0 heterocycles. The van der Waals surface area contributed by atoms with Crippen LogP contribution in [0.25, 0.3) is 0 Å². The van der Waals surface area contributed by atoms with Crippen LogP contribution in [0.4, 0.5) is 0 Å². The number of carbonyl (C=O) groups is 1. The number of hydrogen-bond donors (Lipinski definition) is 1. The predicted molar refractivity (Wildman–Crippen MR) is 53.9 cm³/mol. The van der Waals surface area contributed by atoms with Crippen molar-refractivity contribution in [1.82, 2.24) is 0 Å². The van der Waals surface area contributed by atoms with Gasteiger partial charge in [0.1, 0.15) is 13.5 Å². The molecule has 0 aromatic carbocycles. The van der Waals surface area contributed by atoms with E-state index in [2.05, 4.69) is 33.9 Å². The van der Waals surface area contributed by atoms with E-state index in [1.54, 1.807) is 0 Å². The first-order valence-corrected chi connectivity index (χ1v) is 7.37. The van der Waals surface area contributed by atoms with E-state index in [1.807, 2.05) is 0 Å². The Hall–Kier alpha value is -0.153. The molecule has 0 unspecified atom stereocenters. The van der Waals surface area contributed by atoms with Crippen LogP contribution >= 0.6 is 0 Å². The standard InChI is InChI=1S/C9H20O2Si/c1-9(2,3)12(4,5)8(11)6-7-10/h10H,6-7H2,1-5H3. The van der Waals surface area contributed by atoms with E-state index in [4.69, 9.17) is 5.11 Å². The maximum atomic E-state index is 11.6. The summed E-state index contributed by atoms with van der Waals surface area (Å²) < 4.78 is 0. The van der Waals surface area contributed by atoms with Gasteiger partial charge in [-0.3, -0.25) is 0 Å². The fourth-order valence-electron chi connectivity index (χ4n) is 0.832. The van der Waals surface area contributed by atoms with Crippen molar-refractivity contribution in [3.05, 3.63) is 0 Å². The van der Waals surface area contributed by atoms with Gasteiger partial charge in [-0.15, -0.1) is 0 Å². The summed E-state index contributed by atoms with van der Waals surface area (Å²) in [7, 11) is -1.83. The summed E-state index contributed by atoms with van der Waals surface area (Å²) in [6, 6.07) is 0. The number of rotatable bonds is 3. The minimum absolute atomic E-state index is 0.00859. The van der Waals surface area contributed by atoms with Gasteiger partial charge in [0.15, 0.2) is 0 Å². The third-order valence-electron chi connectivity index (χ3n) is 2.91. The molecular weight excluding hydrogens is 168 g/mol. The van der Waals surface area contributed by atoms with Crippen molar-refractivity contribution in [1.29, 1.82) is 0 Å². The highest BCUT2D eigenvalue weighted by Crippen LogP contribution is 2.36. The molecule has 3 heteroatoms. The van der Waals surface area contributed by atoms with Crippen LogP contribution in [0.1, 0.15) is 27.2 Å². The number of carbonyl (C=O) groups excluding carboxylic acids is 1. The zero-order chi connectivity index (χ0) is 9.99. The first kappa shape index (κ1) is 11.8. The Bertz CT molecular complexity index is 168. The van der Waals surface area contributed by atoms with Gasteiger partial charge in [0.05, 0.1) is 0 Å². The van der Waals surface area contributed by atoms with Crippen molar-refractivity contribution < 1.29 is 9.90 Å². The highest BCUT2D eigenvalue weighted by atomic mass is 28.3. The topological polar surface area (TPSA) is 37.3 Å². The fourth-order valence-corrected chi connectivity index (χ4v) is 2.41. The van der Waals surface area contributed by atoms with Crippen molar-refractivity contribution in [3.63, 3.8) is 0 Å². The van der Waals surface area contributed by atoms with E-state index in [0.717, 1.165) is 0 Å². The van der Waals surface area contributed by atoms with E-state index in [0.29, 0.717) is 6.42 Å². The first-order valence-electron chi connectivity index (χ1n) is 4.37. The third-order valence-corrected chi connectivity index (χ3v) is 8.31. The number of hydrogen-bond acceptors (Lipinski definition) is 2. The first-order chi connectivity index (χ1) is 5.23. The van der Waals surface area contributed by atoms with Crippen molar-refractivity contribution >= 4 is 13.5 Å². The molecule has 72 valence electrons. The second kappa shape index (κ2) is 3.71. The molecule has 0 atom stereocenters. The maximum Gasteiger partial charge on any atom is 0.132 e. The molecule has 0 saturated carbocycles. The summed E-state index contributed by atoms with van der Waals surface area (Å²) in [6.07, 6.45) is 0.330. The molecule has 0 aliphatic carbocycles. The quantitative estimate of drug-likeness (QED) is 0.688. The average Bonchev–Trinajstić information content (AvgIpc) is 1.85. The smallest absolute Gasteiger partial charge is 0.132 e. The van der Waals surface area contributed by atoms with E-state index < -0.39 is 8.07 Å². The molecule has 0 aromatic heterocycles. The lowest BCUT2D eigenvalue weighted by molar-refractivity contribution is -0.113. The summed E-state index contributed by atoms with van der Waals surface area (Å²) >= 11 is 0. The Morgan fingerprint density at radius 1 is 1.33 bits per heavy atom. The lowest BCUT2D eigenvalue weighted by atomic mass is 10.2. The van der Waals surface area contributed by atoms with Gasteiger partial charge in [-0.2, -0.15) is 0 Å². The summed E-state index contributed by atoms with van der Waals surface area (Å²) in [5.74, 6) is 0. The maximum absolute atomic E-state index is 11.6. The Morgan fingerprint density at radius 3 is 2.00 bits per heavy atom. The zero-order valence-electron chi connectivity index (χ0n) is 8.77. The third kappa shape index (κ3) is 2.42. The second-order valence-corrected chi connectivity index (χ2v) is 10.1. The number of aliphatic hydroxyl groups is 1. The van der Waals surface area contributed by atoms with Crippen LogP contribution in [0, 0.1) is 0 Å².